The third-order valence-corrected chi connectivity index (χ3v) is 4.48. The molecule has 118 valence electrons. The third-order valence-electron chi connectivity index (χ3n) is 3.06. The van der Waals surface area contributed by atoms with E-state index in [2.05, 4.69) is 20.2 Å². The van der Waals surface area contributed by atoms with Gasteiger partial charge in [-0.2, -0.15) is 4.68 Å². The number of sulfonamides is 1. The van der Waals surface area contributed by atoms with Crippen molar-refractivity contribution < 1.29 is 12.8 Å². The van der Waals surface area contributed by atoms with Gasteiger partial charge in [-0.3, -0.25) is 0 Å². The van der Waals surface area contributed by atoms with Gasteiger partial charge in [0, 0.05) is 0 Å². The molecule has 1 heterocycles. The predicted octanol–water partition coefficient (Wildman–Crippen LogP) is 1.28. The van der Waals surface area contributed by atoms with Gasteiger partial charge < -0.3 is 0 Å². The van der Waals surface area contributed by atoms with Crippen LogP contribution >= 0.6 is 0 Å². The maximum Gasteiger partial charge on any atom is 0.240 e. The highest BCUT2D eigenvalue weighted by atomic mass is 32.2. The summed E-state index contributed by atoms with van der Waals surface area (Å²) < 4.78 is 41.3. The fourth-order valence-electron chi connectivity index (χ4n) is 1.97. The highest BCUT2D eigenvalue weighted by Gasteiger charge is 2.16. The van der Waals surface area contributed by atoms with Crippen molar-refractivity contribution in [3.63, 3.8) is 0 Å². The van der Waals surface area contributed by atoms with Crippen LogP contribution in [0.1, 0.15) is 5.82 Å². The molecule has 0 aliphatic heterocycles. The number of halogens is 1. The predicted molar refractivity (Wildman–Crippen MR) is 79.6 cm³/mol. The van der Waals surface area contributed by atoms with E-state index < -0.39 is 15.8 Å². The van der Waals surface area contributed by atoms with E-state index in [9.17, 15) is 12.8 Å². The summed E-state index contributed by atoms with van der Waals surface area (Å²) in [5.41, 5.74) is 0.406. The van der Waals surface area contributed by atoms with Crippen LogP contribution in [0.15, 0.2) is 59.5 Å². The molecule has 0 saturated heterocycles. The van der Waals surface area contributed by atoms with E-state index in [0.717, 1.165) is 0 Å². The number of tetrazole rings is 1. The Morgan fingerprint density at radius 2 is 1.87 bits per heavy atom. The maximum absolute atomic E-state index is 13.3. The molecule has 0 radical (unpaired) electrons. The van der Waals surface area contributed by atoms with Gasteiger partial charge in [0.15, 0.2) is 5.82 Å². The molecule has 3 rings (SSSR count). The van der Waals surface area contributed by atoms with Crippen molar-refractivity contribution in [2.75, 3.05) is 0 Å². The molecule has 0 atom stereocenters. The van der Waals surface area contributed by atoms with Crippen LogP contribution in [-0.2, 0) is 16.6 Å². The van der Waals surface area contributed by atoms with Crippen LogP contribution in [0.4, 0.5) is 4.39 Å². The summed E-state index contributed by atoms with van der Waals surface area (Å²) in [6.45, 7) is -0.124. The minimum absolute atomic E-state index is 0.124. The lowest BCUT2D eigenvalue weighted by Crippen LogP contribution is -2.25. The number of rotatable bonds is 5. The lowest BCUT2D eigenvalue weighted by Gasteiger charge is -2.07. The van der Waals surface area contributed by atoms with E-state index in [-0.39, 0.29) is 17.3 Å². The Morgan fingerprint density at radius 3 is 2.61 bits per heavy atom. The zero-order valence-corrected chi connectivity index (χ0v) is 12.6. The molecule has 2 aromatic carbocycles. The van der Waals surface area contributed by atoms with E-state index in [1.807, 2.05) is 0 Å². The molecule has 0 amide bonds. The zero-order valence-electron chi connectivity index (χ0n) is 11.8. The van der Waals surface area contributed by atoms with Gasteiger partial charge in [-0.1, -0.05) is 24.3 Å². The summed E-state index contributed by atoms with van der Waals surface area (Å²) in [6, 6.07) is 13.6. The molecular weight excluding hydrogens is 321 g/mol. The first-order valence-corrected chi connectivity index (χ1v) is 8.12. The van der Waals surface area contributed by atoms with Crippen molar-refractivity contribution in [1.82, 2.24) is 24.9 Å². The van der Waals surface area contributed by atoms with Crippen molar-refractivity contribution >= 4 is 10.0 Å². The Hall–Kier alpha value is -2.65. The first kappa shape index (κ1) is 15.3. The fourth-order valence-corrected chi connectivity index (χ4v) is 2.97. The quantitative estimate of drug-likeness (QED) is 0.760. The molecule has 0 aliphatic rings. The molecule has 9 heteroatoms. The van der Waals surface area contributed by atoms with Gasteiger partial charge in [-0.25, -0.2) is 17.5 Å². The molecule has 0 saturated carbocycles. The summed E-state index contributed by atoms with van der Waals surface area (Å²) in [4.78, 5) is 0.143. The van der Waals surface area contributed by atoms with Crippen LogP contribution in [0.25, 0.3) is 5.69 Å². The number of hydrogen-bond acceptors (Lipinski definition) is 5. The van der Waals surface area contributed by atoms with Crippen LogP contribution in [0, 0.1) is 5.82 Å². The first-order valence-electron chi connectivity index (χ1n) is 6.64. The maximum atomic E-state index is 13.3. The van der Waals surface area contributed by atoms with E-state index in [0.29, 0.717) is 5.69 Å². The van der Waals surface area contributed by atoms with Gasteiger partial charge in [0.25, 0.3) is 0 Å². The lowest BCUT2D eigenvalue weighted by atomic mass is 10.3. The monoisotopic (exact) mass is 333 g/mol. The first-order chi connectivity index (χ1) is 11.1. The van der Waals surface area contributed by atoms with Gasteiger partial charge in [-0.05, 0) is 40.8 Å². The van der Waals surface area contributed by atoms with E-state index in [1.165, 1.54) is 35.0 Å². The van der Waals surface area contributed by atoms with Crippen molar-refractivity contribution in [2.45, 2.75) is 11.4 Å². The Bertz CT molecular complexity index is 912. The van der Waals surface area contributed by atoms with Gasteiger partial charge in [0.1, 0.15) is 5.82 Å². The normalized spacial score (nSPS) is 11.5. The number of benzene rings is 2. The second-order valence-corrected chi connectivity index (χ2v) is 6.39. The largest absolute Gasteiger partial charge is 0.240 e. The molecule has 0 spiro atoms. The van der Waals surface area contributed by atoms with E-state index in [4.69, 9.17) is 0 Å². The third kappa shape index (κ3) is 3.41. The zero-order chi connectivity index (χ0) is 16.3. The Morgan fingerprint density at radius 1 is 1.09 bits per heavy atom. The van der Waals surface area contributed by atoms with Gasteiger partial charge >= 0.3 is 0 Å². The van der Waals surface area contributed by atoms with Crippen LogP contribution in [0.2, 0.25) is 0 Å². The second-order valence-electron chi connectivity index (χ2n) is 4.62. The number of hydrogen-bond donors (Lipinski definition) is 1. The molecule has 7 nitrogen and oxygen atoms in total. The van der Waals surface area contributed by atoms with Gasteiger partial charge in [0.2, 0.25) is 10.0 Å². The van der Waals surface area contributed by atoms with Crippen LogP contribution in [-0.4, -0.2) is 28.6 Å². The lowest BCUT2D eigenvalue weighted by molar-refractivity contribution is 0.577. The van der Waals surface area contributed by atoms with E-state index >= 15 is 0 Å². The molecule has 0 fully saturated rings. The number of nitrogens with one attached hydrogen (secondary N) is 1. The topological polar surface area (TPSA) is 89.8 Å². The Balaban J connectivity index is 1.82. The van der Waals surface area contributed by atoms with Gasteiger partial charge in [-0.15, -0.1) is 5.10 Å². The fraction of sp³-hybridized carbons (Fsp3) is 0.0714. The second kappa shape index (κ2) is 6.23. The molecule has 3 aromatic rings. The average Bonchev–Trinajstić information content (AvgIpc) is 3.02. The van der Waals surface area contributed by atoms with Gasteiger partial charge in [0.05, 0.1) is 17.1 Å². The summed E-state index contributed by atoms with van der Waals surface area (Å²) in [6.07, 6.45) is 0. The molecular formula is C14H12FN5O2S. The van der Waals surface area contributed by atoms with Crippen LogP contribution in [0.5, 0.6) is 0 Å². The summed E-state index contributed by atoms with van der Waals surface area (Å²) in [5.74, 6) is -0.191. The SMILES string of the molecule is O=S(=O)(NCc1nnnn1-c1cccc(F)c1)c1ccccc1. The summed E-state index contributed by atoms with van der Waals surface area (Å²) in [5, 5.41) is 11.0. The number of nitrogens with zero attached hydrogens (tertiary/aromatic N) is 4. The summed E-state index contributed by atoms with van der Waals surface area (Å²) in [7, 11) is -3.68. The molecule has 0 bridgehead atoms. The smallest absolute Gasteiger partial charge is 0.207 e. The van der Waals surface area contributed by atoms with Crippen LogP contribution < -0.4 is 4.72 Å². The molecule has 0 unspecified atom stereocenters. The molecule has 1 aromatic heterocycles. The molecule has 0 aliphatic carbocycles. The minimum atomic E-state index is -3.68. The summed E-state index contributed by atoms with van der Waals surface area (Å²) >= 11 is 0. The average molecular weight is 333 g/mol. The standard InChI is InChI=1S/C14H12FN5O2S/c15-11-5-4-6-12(9-11)20-14(17-18-19-20)10-16-23(21,22)13-7-2-1-3-8-13/h1-9,16H,10H2. The number of aromatic nitrogens is 4. The highest BCUT2D eigenvalue weighted by molar-refractivity contribution is 7.89. The minimum Gasteiger partial charge on any atom is -0.207 e. The van der Waals surface area contributed by atoms with Crippen molar-refractivity contribution in [3.05, 3.63) is 66.2 Å². The van der Waals surface area contributed by atoms with Crippen molar-refractivity contribution in [2.24, 2.45) is 0 Å². The Kier molecular flexibility index (Phi) is 4.13. The van der Waals surface area contributed by atoms with Crippen LogP contribution in [0.3, 0.4) is 0 Å². The van der Waals surface area contributed by atoms with E-state index in [1.54, 1.807) is 24.3 Å². The highest BCUT2D eigenvalue weighted by Crippen LogP contribution is 2.11. The molecule has 23 heavy (non-hydrogen) atoms. The van der Waals surface area contributed by atoms with Crippen molar-refractivity contribution in [1.29, 1.82) is 0 Å². The van der Waals surface area contributed by atoms with Crippen molar-refractivity contribution in [3.8, 4) is 5.69 Å². The molecule has 1 N–H and O–H groups in total. The Labute approximate surface area is 131 Å².